The summed E-state index contributed by atoms with van der Waals surface area (Å²) in [4.78, 5) is 0.234. The standard InChI is InChI=1S/C14H20N4O2S/c1-10(15-3)12-5-7-13(8-6-12)21(19,20)17-14-9-18(4)16-11(14)2/h5-10,15,17H,1-4H3. The van der Waals surface area contributed by atoms with Crippen LogP contribution in [0.1, 0.15) is 24.2 Å². The van der Waals surface area contributed by atoms with Gasteiger partial charge >= 0.3 is 0 Å². The van der Waals surface area contributed by atoms with E-state index in [9.17, 15) is 8.42 Å². The van der Waals surface area contributed by atoms with Crippen molar-refractivity contribution >= 4 is 15.7 Å². The molecule has 2 aromatic rings. The normalized spacial score (nSPS) is 13.1. The van der Waals surface area contributed by atoms with Gasteiger partial charge in [0.25, 0.3) is 10.0 Å². The van der Waals surface area contributed by atoms with E-state index in [2.05, 4.69) is 15.1 Å². The average Bonchev–Trinajstić information content (AvgIpc) is 2.75. The summed E-state index contributed by atoms with van der Waals surface area (Å²) in [6.45, 7) is 3.77. The number of benzene rings is 1. The van der Waals surface area contributed by atoms with Crippen molar-refractivity contribution in [3.63, 3.8) is 0 Å². The number of nitrogens with zero attached hydrogens (tertiary/aromatic N) is 2. The van der Waals surface area contributed by atoms with Crippen LogP contribution in [0, 0.1) is 6.92 Å². The third kappa shape index (κ3) is 3.43. The Morgan fingerprint density at radius 1 is 1.24 bits per heavy atom. The smallest absolute Gasteiger partial charge is 0.262 e. The van der Waals surface area contributed by atoms with Gasteiger partial charge in [0.1, 0.15) is 0 Å². The van der Waals surface area contributed by atoms with Crippen LogP contribution in [0.3, 0.4) is 0 Å². The van der Waals surface area contributed by atoms with E-state index in [1.165, 1.54) is 0 Å². The van der Waals surface area contributed by atoms with E-state index in [1.807, 2.05) is 26.1 Å². The molecule has 0 amide bonds. The molecule has 1 heterocycles. The lowest BCUT2D eigenvalue weighted by Gasteiger charge is -2.12. The van der Waals surface area contributed by atoms with Gasteiger partial charge in [0.2, 0.25) is 0 Å². The highest BCUT2D eigenvalue weighted by molar-refractivity contribution is 7.92. The van der Waals surface area contributed by atoms with Crippen LogP contribution in [0.25, 0.3) is 0 Å². The lowest BCUT2D eigenvalue weighted by Crippen LogP contribution is -2.15. The van der Waals surface area contributed by atoms with Gasteiger partial charge in [-0.3, -0.25) is 9.40 Å². The Hall–Kier alpha value is -1.86. The molecule has 0 aliphatic heterocycles. The van der Waals surface area contributed by atoms with Crippen molar-refractivity contribution in [2.75, 3.05) is 11.8 Å². The Morgan fingerprint density at radius 3 is 2.33 bits per heavy atom. The van der Waals surface area contributed by atoms with Crippen molar-refractivity contribution in [2.45, 2.75) is 24.8 Å². The minimum Gasteiger partial charge on any atom is -0.313 e. The lowest BCUT2D eigenvalue weighted by atomic mass is 10.1. The Kier molecular flexibility index (Phi) is 4.34. The zero-order valence-electron chi connectivity index (χ0n) is 12.6. The summed E-state index contributed by atoms with van der Waals surface area (Å²) in [5.74, 6) is 0. The molecule has 2 N–H and O–H groups in total. The molecule has 0 aliphatic rings. The van der Waals surface area contributed by atoms with Gasteiger partial charge in [0, 0.05) is 19.3 Å². The fraction of sp³-hybridized carbons (Fsp3) is 0.357. The van der Waals surface area contributed by atoms with E-state index < -0.39 is 10.0 Å². The molecule has 1 aromatic heterocycles. The number of nitrogens with one attached hydrogen (secondary N) is 2. The summed E-state index contributed by atoms with van der Waals surface area (Å²) in [7, 11) is 0.0165. The number of aryl methyl sites for hydroxylation is 2. The minimum atomic E-state index is -3.60. The molecule has 0 radical (unpaired) electrons. The Balaban J connectivity index is 2.25. The molecule has 0 aliphatic carbocycles. The maximum Gasteiger partial charge on any atom is 0.262 e. The number of aromatic nitrogens is 2. The third-order valence-electron chi connectivity index (χ3n) is 3.38. The zero-order valence-corrected chi connectivity index (χ0v) is 13.4. The Labute approximate surface area is 125 Å². The summed E-state index contributed by atoms with van der Waals surface area (Å²) >= 11 is 0. The topological polar surface area (TPSA) is 76.0 Å². The van der Waals surface area contributed by atoms with Crippen LogP contribution in [0.2, 0.25) is 0 Å². The first-order valence-electron chi connectivity index (χ1n) is 6.64. The van der Waals surface area contributed by atoms with Crippen LogP contribution in [0.4, 0.5) is 5.69 Å². The first-order chi connectivity index (χ1) is 9.83. The fourth-order valence-electron chi connectivity index (χ4n) is 2.01. The first kappa shape index (κ1) is 15.5. The van der Waals surface area contributed by atoms with Gasteiger partial charge in [-0.05, 0) is 38.6 Å². The van der Waals surface area contributed by atoms with Gasteiger partial charge < -0.3 is 5.32 Å². The van der Waals surface area contributed by atoms with Crippen molar-refractivity contribution in [1.29, 1.82) is 0 Å². The van der Waals surface area contributed by atoms with Gasteiger partial charge in [0.05, 0.1) is 16.3 Å². The molecule has 6 nitrogen and oxygen atoms in total. The summed E-state index contributed by atoms with van der Waals surface area (Å²) in [6.07, 6.45) is 1.64. The zero-order chi connectivity index (χ0) is 15.6. The molecule has 0 bridgehead atoms. The van der Waals surface area contributed by atoms with Gasteiger partial charge in [-0.25, -0.2) is 8.42 Å². The van der Waals surface area contributed by atoms with Crippen molar-refractivity contribution in [3.8, 4) is 0 Å². The van der Waals surface area contributed by atoms with E-state index in [-0.39, 0.29) is 10.9 Å². The van der Waals surface area contributed by atoms with E-state index in [0.717, 1.165) is 5.56 Å². The first-order valence-corrected chi connectivity index (χ1v) is 8.12. The van der Waals surface area contributed by atoms with E-state index in [4.69, 9.17) is 0 Å². The summed E-state index contributed by atoms with van der Waals surface area (Å²) in [6, 6.07) is 7.02. The van der Waals surface area contributed by atoms with E-state index in [1.54, 1.807) is 37.0 Å². The monoisotopic (exact) mass is 308 g/mol. The molecular weight excluding hydrogens is 288 g/mol. The highest BCUT2D eigenvalue weighted by Gasteiger charge is 2.17. The van der Waals surface area contributed by atoms with Crippen LogP contribution >= 0.6 is 0 Å². The minimum absolute atomic E-state index is 0.176. The molecule has 7 heteroatoms. The molecule has 0 saturated heterocycles. The molecule has 114 valence electrons. The number of rotatable bonds is 5. The average molecular weight is 308 g/mol. The van der Waals surface area contributed by atoms with Gasteiger partial charge in [-0.15, -0.1) is 0 Å². The number of sulfonamides is 1. The van der Waals surface area contributed by atoms with Crippen molar-refractivity contribution < 1.29 is 8.42 Å². The predicted octanol–water partition coefficient (Wildman–Crippen LogP) is 1.81. The number of hydrogen-bond donors (Lipinski definition) is 2. The molecule has 2 rings (SSSR count). The Bertz CT molecular complexity index is 720. The van der Waals surface area contributed by atoms with Crippen LogP contribution in [0.5, 0.6) is 0 Å². The predicted molar refractivity (Wildman–Crippen MR) is 82.7 cm³/mol. The van der Waals surface area contributed by atoms with Gasteiger partial charge in [-0.1, -0.05) is 12.1 Å². The molecule has 1 unspecified atom stereocenters. The van der Waals surface area contributed by atoms with Crippen molar-refractivity contribution in [1.82, 2.24) is 15.1 Å². The molecule has 0 fully saturated rings. The molecular formula is C14H20N4O2S. The molecule has 1 aromatic carbocycles. The maximum absolute atomic E-state index is 12.3. The van der Waals surface area contributed by atoms with E-state index >= 15 is 0 Å². The summed E-state index contributed by atoms with van der Waals surface area (Å²) in [5, 5.41) is 7.23. The summed E-state index contributed by atoms with van der Waals surface area (Å²) < 4.78 is 28.8. The SMILES string of the molecule is CNC(C)c1ccc(S(=O)(=O)Nc2cn(C)nc2C)cc1. The maximum atomic E-state index is 12.3. The van der Waals surface area contributed by atoms with Crippen LogP contribution in [-0.2, 0) is 17.1 Å². The molecule has 0 saturated carbocycles. The lowest BCUT2D eigenvalue weighted by molar-refractivity contribution is 0.600. The van der Waals surface area contributed by atoms with E-state index in [0.29, 0.717) is 11.4 Å². The number of hydrogen-bond acceptors (Lipinski definition) is 4. The molecule has 21 heavy (non-hydrogen) atoms. The number of anilines is 1. The van der Waals surface area contributed by atoms with Crippen molar-refractivity contribution in [2.24, 2.45) is 7.05 Å². The second-order valence-corrected chi connectivity index (χ2v) is 6.67. The molecule has 0 spiro atoms. The van der Waals surface area contributed by atoms with Crippen LogP contribution < -0.4 is 10.0 Å². The highest BCUT2D eigenvalue weighted by Crippen LogP contribution is 2.20. The Morgan fingerprint density at radius 2 is 1.86 bits per heavy atom. The second kappa shape index (κ2) is 5.87. The van der Waals surface area contributed by atoms with Gasteiger partial charge in [-0.2, -0.15) is 5.10 Å². The third-order valence-corrected chi connectivity index (χ3v) is 4.76. The fourth-order valence-corrected chi connectivity index (χ4v) is 3.11. The second-order valence-electron chi connectivity index (χ2n) is 4.99. The van der Waals surface area contributed by atoms with Crippen LogP contribution in [0.15, 0.2) is 35.4 Å². The molecule has 1 atom stereocenters. The highest BCUT2D eigenvalue weighted by atomic mass is 32.2. The summed E-state index contributed by atoms with van der Waals surface area (Å²) in [5.41, 5.74) is 2.17. The van der Waals surface area contributed by atoms with Crippen LogP contribution in [-0.4, -0.2) is 25.2 Å². The largest absolute Gasteiger partial charge is 0.313 e. The van der Waals surface area contributed by atoms with Gasteiger partial charge in [0.15, 0.2) is 0 Å². The quantitative estimate of drug-likeness (QED) is 0.883. The van der Waals surface area contributed by atoms with Crippen molar-refractivity contribution in [3.05, 3.63) is 41.7 Å².